The highest BCUT2D eigenvalue weighted by Crippen LogP contribution is 2.68. The number of fused-ring (bicyclic) bond motifs is 5. The molecule has 1 aliphatic heterocycles. The van der Waals surface area contributed by atoms with Gasteiger partial charge in [-0.1, -0.05) is 20.8 Å². The standard InChI is InChI=1S/C30H48N2O6/c1-18(5-10-25(33)31-4)22-8-9-23-21-7-6-19-17-20(37-28(36)38-32-26(34)11-12-27(32)35)13-15-29(19,2)24(21)14-16-30(22,23)3/h18-24,26,34H,5-17H2,1-4H3,(H,31,33)/t18-,19-,20-,21?,22-,23?,24?,26?,29+,30-/m1/s1. The Morgan fingerprint density at radius 2 is 1.79 bits per heavy atom. The molecule has 4 unspecified atom stereocenters. The zero-order valence-electron chi connectivity index (χ0n) is 23.7. The lowest BCUT2D eigenvalue weighted by Crippen LogP contribution is -2.54. The minimum absolute atomic E-state index is 0.154. The number of hydroxylamine groups is 2. The van der Waals surface area contributed by atoms with Gasteiger partial charge in [-0.2, -0.15) is 0 Å². The molecule has 0 aromatic rings. The fraction of sp³-hybridized carbons (Fsp3) is 0.900. The van der Waals surface area contributed by atoms with E-state index in [9.17, 15) is 19.5 Å². The van der Waals surface area contributed by atoms with Gasteiger partial charge in [0, 0.05) is 26.3 Å². The van der Waals surface area contributed by atoms with Crippen LogP contribution in [0.2, 0.25) is 0 Å². The Morgan fingerprint density at radius 3 is 2.50 bits per heavy atom. The molecule has 38 heavy (non-hydrogen) atoms. The molecule has 0 radical (unpaired) electrons. The summed E-state index contributed by atoms with van der Waals surface area (Å²) in [6, 6.07) is 0. The van der Waals surface area contributed by atoms with Gasteiger partial charge in [0.05, 0.1) is 0 Å². The van der Waals surface area contributed by atoms with E-state index in [2.05, 4.69) is 26.1 Å². The van der Waals surface area contributed by atoms with E-state index >= 15 is 0 Å². The summed E-state index contributed by atoms with van der Waals surface area (Å²) in [4.78, 5) is 41.2. The summed E-state index contributed by atoms with van der Waals surface area (Å²) < 4.78 is 5.66. The van der Waals surface area contributed by atoms with Crippen molar-refractivity contribution >= 4 is 18.0 Å². The Kier molecular flexibility index (Phi) is 7.75. The Balaban J connectivity index is 1.19. The molecular weight excluding hydrogens is 484 g/mol. The monoisotopic (exact) mass is 532 g/mol. The number of carbonyl (C=O) groups is 3. The van der Waals surface area contributed by atoms with Crippen LogP contribution in [0.15, 0.2) is 0 Å². The number of amides is 2. The minimum atomic E-state index is -1.08. The predicted molar refractivity (Wildman–Crippen MR) is 141 cm³/mol. The van der Waals surface area contributed by atoms with Crippen LogP contribution in [0, 0.1) is 46.3 Å². The first-order valence-corrected chi connectivity index (χ1v) is 15.2. The summed E-state index contributed by atoms with van der Waals surface area (Å²) in [5.74, 6) is 3.86. The van der Waals surface area contributed by atoms with Crippen LogP contribution >= 0.6 is 0 Å². The topological polar surface area (TPSA) is 105 Å². The third-order valence-electron chi connectivity index (χ3n) is 12.1. The molecular formula is C30H48N2O6. The highest BCUT2D eigenvalue weighted by atomic mass is 16.8. The molecule has 0 aromatic heterocycles. The van der Waals surface area contributed by atoms with Crippen LogP contribution in [0.5, 0.6) is 0 Å². The molecule has 1 heterocycles. The van der Waals surface area contributed by atoms with Crippen LogP contribution in [-0.2, 0) is 19.2 Å². The smallest absolute Gasteiger partial charge is 0.429 e. The van der Waals surface area contributed by atoms with Crippen LogP contribution in [0.3, 0.4) is 0 Å². The molecule has 5 rings (SSSR count). The molecule has 0 spiro atoms. The van der Waals surface area contributed by atoms with Crippen molar-refractivity contribution in [1.82, 2.24) is 10.4 Å². The zero-order valence-corrected chi connectivity index (χ0v) is 23.7. The number of nitrogens with zero attached hydrogens (tertiary/aromatic N) is 1. The Morgan fingerprint density at radius 1 is 1.05 bits per heavy atom. The van der Waals surface area contributed by atoms with Crippen LogP contribution < -0.4 is 5.32 Å². The fourth-order valence-electron chi connectivity index (χ4n) is 9.98. The highest BCUT2D eigenvalue weighted by molar-refractivity contribution is 5.78. The molecule has 0 aromatic carbocycles. The molecule has 214 valence electrons. The number of hydrogen-bond donors (Lipinski definition) is 2. The van der Waals surface area contributed by atoms with Gasteiger partial charge in [-0.3, -0.25) is 9.59 Å². The van der Waals surface area contributed by atoms with E-state index in [0.717, 1.165) is 48.5 Å². The first kappa shape index (κ1) is 27.7. The fourth-order valence-corrected chi connectivity index (χ4v) is 9.98. The first-order chi connectivity index (χ1) is 18.1. The largest absolute Gasteiger partial charge is 0.533 e. The summed E-state index contributed by atoms with van der Waals surface area (Å²) in [6.07, 6.45) is 10.3. The average Bonchev–Trinajstić information content (AvgIpc) is 3.41. The highest BCUT2D eigenvalue weighted by Gasteiger charge is 2.60. The second-order valence-corrected chi connectivity index (χ2v) is 13.7. The maximum absolute atomic E-state index is 12.4. The molecule has 0 bridgehead atoms. The molecule has 4 saturated carbocycles. The van der Waals surface area contributed by atoms with Crippen LogP contribution in [-0.4, -0.2) is 47.5 Å². The van der Waals surface area contributed by atoms with E-state index in [-0.39, 0.29) is 36.2 Å². The summed E-state index contributed by atoms with van der Waals surface area (Å²) in [5, 5.41) is 13.4. The van der Waals surface area contributed by atoms with E-state index in [1.807, 2.05) is 0 Å². The molecule has 10 atom stereocenters. The van der Waals surface area contributed by atoms with Crippen molar-refractivity contribution < 1.29 is 29.1 Å². The number of aliphatic hydroxyl groups is 1. The van der Waals surface area contributed by atoms with Gasteiger partial charge in [-0.15, -0.1) is 5.06 Å². The van der Waals surface area contributed by atoms with E-state index in [1.165, 1.54) is 38.5 Å². The number of nitrogens with one attached hydrogen (secondary N) is 1. The molecule has 2 N–H and O–H groups in total. The van der Waals surface area contributed by atoms with Crippen molar-refractivity contribution in [2.24, 2.45) is 46.3 Å². The van der Waals surface area contributed by atoms with Crippen molar-refractivity contribution in [3.8, 4) is 0 Å². The van der Waals surface area contributed by atoms with Crippen molar-refractivity contribution in [3.63, 3.8) is 0 Å². The lowest BCUT2D eigenvalue weighted by atomic mass is 9.44. The van der Waals surface area contributed by atoms with Crippen molar-refractivity contribution in [2.45, 2.75) is 117 Å². The molecule has 2 amide bonds. The van der Waals surface area contributed by atoms with Crippen molar-refractivity contribution in [3.05, 3.63) is 0 Å². The van der Waals surface area contributed by atoms with E-state index in [1.54, 1.807) is 7.05 Å². The second-order valence-electron chi connectivity index (χ2n) is 13.7. The molecule has 8 nitrogen and oxygen atoms in total. The number of hydrogen-bond acceptors (Lipinski definition) is 6. The van der Waals surface area contributed by atoms with Gasteiger partial charge < -0.3 is 20.0 Å². The van der Waals surface area contributed by atoms with Crippen molar-refractivity contribution in [1.29, 1.82) is 0 Å². The van der Waals surface area contributed by atoms with Gasteiger partial charge >= 0.3 is 6.16 Å². The van der Waals surface area contributed by atoms with Gasteiger partial charge in [0.15, 0.2) is 6.23 Å². The SMILES string of the molecule is CNC(=O)CC[C@@H](C)[C@H]1CCC2C3CC[C@@H]4C[C@H](OC(=O)ON5C(=O)CCC5O)CC[C@]4(C)C3CC[C@@]21C. The maximum Gasteiger partial charge on any atom is 0.533 e. The summed E-state index contributed by atoms with van der Waals surface area (Å²) in [7, 11) is 1.73. The van der Waals surface area contributed by atoms with E-state index < -0.39 is 12.4 Å². The molecule has 4 aliphatic carbocycles. The van der Waals surface area contributed by atoms with Gasteiger partial charge in [-0.25, -0.2) is 4.79 Å². The molecule has 8 heteroatoms. The summed E-state index contributed by atoms with van der Waals surface area (Å²) >= 11 is 0. The molecule has 1 saturated heterocycles. The Labute approximate surface area is 227 Å². The zero-order chi connectivity index (χ0) is 27.2. The predicted octanol–water partition coefficient (Wildman–Crippen LogP) is 5.19. The number of ether oxygens (including phenoxy) is 1. The quantitative estimate of drug-likeness (QED) is 0.457. The average molecular weight is 533 g/mol. The third-order valence-corrected chi connectivity index (χ3v) is 12.1. The lowest BCUT2D eigenvalue weighted by Gasteiger charge is -2.61. The number of rotatable bonds is 6. The van der Waals surface area contributed by atoms with E-state index in [4.69, 9.17) is 9.57 Å². The third kappa shape index (κ3) is 4.84. The Bertz CT molecular complexity index is 926. The molecule has 5 fully saturated rings. The normalized spacial score (nSPS) is 43.0. The van der Waals surface area contributed by atoms with Gasteiger partial charge in [-0.05, 0) is 111 Å². The lowest BCUT2D eigenvalue weighted by molar-refractivity contribution is -0.204. The number of carbonyl (C=O) groups excluding carboxylic acids is 3. The van der Waals surface area contributed by atoms with Crippen LogP contribution in [0.4, 0.5) is 4.79 Å². The summed E-state index contributed by atoms with van der Waals surface area (Å²) in [6.45, 7) is 7.44. The Hall–Kier alpha value is -1.83. The minimum Gasteiger partial charge on any atom is -0.429 e. The maximum atomic E-state index is 12.4. The number of aliphatic hydroxyl groups excluding tert-OH is 1. The second kappa shape index (κ2) is 10.6. The summed E-state index contributed by atoms with van der Waals surface area (Å²) in [5.41, 5.74) is 0.659. The molecule has 5 aliphatic rings. The van der Waals surface area contributed by atoms with E-state index in [0.29, 0.717) is 29.6 Å². The first-order valence-electron chi connectivity index (χ1n) is 15.2. The van der Waals surface area contributed by atoms with Gasteiger partial charge in [0.1, 0.15) is 6.10 Å². The van der Waals surface area contributed by atoms with Crippen molar-refractivity contribution in [2.75, 3.05) is 7.05 Å². The van der Waals surface area contributed by atoms with Crippen LogP contribution in [0.25, 0.3) is 0 Å². The van der Waals surface area contributed by atoms with Gasteiger partial charge in [0.2, 0.25) is 5.91 Å². The van der Waals surface area contributed by atoms with Crippen LogP contribution in [0.1, 0.15) is 104 Å². The van der Waals surface area contributed by atoms with Gasteiger partial charge in [0.25, 0.3) is 5.91 Å².